The first-order valence-electron chi connectivity index (χ1n) is 18.8. The van der Waals surface area contributed by atoms with Gasteiger partial charge in [-0.15, -0.1) is 0 Å². The molecule has 0 amide bonds. The molecular formula is C45H42N2. The normalized spacial score (nSPS) is 31.6. The summed E-state index contributed by atoms with van der Waals surface area (Å²) in [7, 11) is 0. The van der Waals surface area contributed by atoms with E-state index in [0.29, 0.717) is 11.8 Å². The van der Waals surface area contributed by atoms with Gasteiger partial charge in [0.15, 0.2) is 0 Å². The third-order valence-electron chi connectivity index (χ3n) is 14.8. The lowest BCUT2D eigenvalue weighted by molar-refractivity contribution is 0.166. The lowest BCUT2D eigenvalue weighted by Crippen LogP contribution is -2.25. The highest BCUT2D eigenvalue weighted by Gasteiger charge is 2.45. The van der Waals surface area contributed by atoms with Crippen LogP contribution in [0.4, 0.5) is 0 Å². The standard InChI is InChI=1S/C45H42N2/c1-22-4-3-5-23(2)41(22)32-16-37-36-19-34-28-8-24-6-25(9-28)11-29(10-24)35(34)20-39(36)47-40-18-33(21-46)42-30-12-26-7-27(13-30)15-31(14-26)43(42)44(40)38(17-32)45(37)47/h3-5,16-20,24-31H,6-15H2,1-2H3. The number of rotatable bonds is 1. The van der Waals surface area contributed by atoms with Crippen LogP contribution in [-0.2, 0) is 0 Å². The highest BCUT2D eigenvalue weighted by atomic mass is 14.9. The smallest absolute Gasteiger partial charge is 0.0995 e. The molecule has 47 heavy (non-hydrogen) atoms. The van der Waals surface area contributed by atoms with Gasteiger partial charge in [-0.05, 0) is 200 Å². The van der Waals surface area contributed by atoms with Gasteiger partial charge in [0.25, 0.3) is 0 Å². The van der Waals surface area contributed by atoms with E-state index in [9.17, 15) is 5.26 Å². The molecule has 8 aliphatic rings. The predicted molar refractivity (Wildman–Crippen MR) is 192 cm³/mol. The van der Waals surface area contributed by atoms with Crippen molar-refractivity contribution in [1.29, 1.82) is 5.26 Å². The Morgan fingerprint density at radius 2 is 1.17 bits per heavy atom. The van der Waals surface area contributed by atoms with E-state index in [1.165, 1.54) is 130 Å². The summed E-state index contributed by atoms with van der Waals surface area (Å²) in [5.74, 6) is 6.08. The molecule has 14 rings (SSSR count). The minimum atomic E-state index is 0.552. The minimum Gasteiger partial charge on any atom is -0.308 e. The third-order valence-corrected chi connectivity index (χ3v) is 14.8. The highest BCUT2D eigenvalue weighted by Crippen LogP contribution is 2.61. The van der Waals surface area contributed by atoms with E-state index in [1.54, 1.807) is 16.7 Å². The first-order chi connectivity index (χ1) is 23.0. The van der Waals surface area contributed by atoms with Crippen molar-refractivity contribution in [3.8, 4) is 17.2 Å². The van der Waals surface area contributed by atoms with E-state index >= 15 is 0 Å². The molecular weight excluding hydrogens is 569 g/mol. The number of nitrogens with zero attached hydrogens (tertiary/aromatic N) is 2. The van der Waals surface area contributed by atoms with Gasteiger partial charge in [0.2, 0.25) is 0 Å². The minimum absolute atomic E-state index is 0.552. The van der Waals surface area contributed by atoms with Gasteiger partial charge >= 0.3 is 0 Å². The van der Waals surface area contributed by atoms with Crippen molar-refractivity contribution in [3.63, 3.8) is 0 Å². The van der Waals surface area contributed by atoms with Crippen LogP contribution < -0.4 is 0 Å². The first-order valence-corrected chi connectivity index (χ1v) is 18.8. The van der Waals surface area contributed by atoms with Gasteiger partial charge in [0.05, 0.1) is 28.2 Å². The van der Waals surface area contributed by atoms with Crippen molar-refractivity contribution in [2.45, 2.75) is 102 Å². The van der Waals surface area contributed by atoms with Gasteiger partial charge in [0.1, 0.15) is 0 Å². The number of aryl methyl sites for hydroxylation is 2. The van der Waals surface area contributed by atoms with Crippen LogP contribution in [-0.4, -0.2) is 4.40 Å². The number of nitriles is 1. The monoisotopic (exact) mass is 610 g/mol. The summed E-state index contributed by atoms with van der Waals surface area (Å²) in [6.07, 6.45) is 13.7. The summed E-state index contributed by atoms with van der Waals surface area (Å²) in [6, 6.07) is 22.4. The largest absolute Gasteiger partial charge is 0.308 e. The molecule has 4 atom stereocenters. The van der Waals surface area contributed by atoms with Crippen LogP contribution in [0.5, 0.6) is 0 Å². The molecule has 4 aromatic carbocycles. The zero-order valence-electron chi connectivity index (χ0n) is 27.7. The summed E-state index contributed by atoms with van der Waals surface area (Å²) in [5.41, 5.74) is 16.9. The Hall–Kier alpha value is -3.83. The molecule has 0 aliphatic heterocycles. The number of hydrogen-bond acceptors (Lipinski definition) is 1. The number of aromatic nitrogens is 1. The second kappa shape index (κ2) is 8.79. The maximum Gasteiger partial charge on any atom is 0.0995 e. The molecule has 8 aliphatic carbocycles. The van der Waals surface area contributed by atoms with E-state index < -0.39 is 0 Å². The lowest BCUT2D eigenvalue weighted by atomic mass is 9.67. The fourth-order valence-corrected chi connectivity index (χ4v) is 13.6. The second-order valence-electron chi connectivity index (χ2n) is 17.4. The maximum absolute atomic E-state index is 10.8. The number of fused-ring (bicyclic) bond motifs is 6. The van der Waals surface area contributed by atoms with Gasteiger partial charge in [-0.3, -0.25) is 0 Å². The van der Waals surface area contributed by atoms with Crippen molar-refractivity contribution in [2.75, 3.05) is 0 Å². The van der Waals surface area contributed by atoms with Crippen molar-refractivity contribution < 1.29 is 0 Å². The second-order valence-corrected chi connectivity index (χ2v) is 17.4. The Kier molecular flexibility index (Phi) is 4.89. The Morgan fingerprint density at radius 1 is 0.596 bits per heavy atom. The molecule has 2 heteroatoms. The van der Waals surface area contributed by atoms with Gasteiger partial charge in [-0.2, -0.15) is 5.26 Å². The summed E-state index contributed by atoms with van der Waals surface area (Å²) in [6.45, 7) is 4.57. The zero-order valence-corrected chi connectivity index (χ0v) is 27.7. The molecule has 232 valence electrons. The zero-order chi connectivity index (χ0) is 30.9. The predicted octanol–water partition coefficient (Wildman–Crippen LogP) is 11.8. The fourth-order valence-electron chi connectivity index (χ4n) is 13.6. The van der Waals surface area contributed by atoms with Crippen LogP contribution in [0.2, 0.25) is 0 Å². The quantitative estimate of drug-likeness (QED) is 0.182. The highest BCUT2D eigenvalue weighted by molar-refractivity contribution is 6.25. The molecule has 4 unspecified atom stereocenters. The van der Waals surface area contributed by atoms with Gasteiger partial charge in [-0.25, -0.2) is 0 Å². The SMILES string of the molecule is Cc1cccc(C)c1-c1cc2c3cc4c(cc3n3c5cc(C#N)c6c(c5c(c1)c23)C1CC2CC(CC6C2)C1)C1CC2CC(CC4C2)C1. The topological polar surface area (TPSA) is 28.2 Å². The van der Waals surface area contributed by atoms with Crippen LogP contribution in [0.3, 0.4) is 0 Å². The molecule has 0 radical (unpaired) electrons. The van der Waals surface area contributed by atoms with Crippen LogP contribution >= 0.6 is 0 Å². The summed E-state index contributed by atoms with van der Waals surface area (Å²) < 4.78 is 2.65. The average molecular weight is 611 g/mol. The Bertz CT molecular complexity index is 2370. The van der Waals surface area contributed by atoms with Crippen LogP contribution in [0.15, 0.2) is 48.5 Å². The molecule has 4 fully saturated rings. The van der Waals surface area contributed by atoms with Crippen molar-refractivity contribution >= 4 is 38.1 Å². The number of benzene rings is 4. The molecule has 6 aromatic rings. The van der Waals surface area contributed by atoms with Gasteiger partial charge in [0, 0.05) is 21.5 Å². The lowest BCUT2D eigenvalue weighted by Gasteiger charge is -2.38. The van der Waals surface area contributed by atoms with E-state index in [-0.39, 0.29) is 0 Å². The average Bonchev–Trinajstić information content (AvgIpc) is 3.42. The van der Waals surface area contributed by atoms with E-state index in [0.717, 1.165) is 41.1 Å². The van der Waals surface area contributed by atoms with E-state index in [2.05, 4.69) is 72.8 Å². The van der Waals surface area contributed by atoms with Crippen LogP contribution in [0.25, 0.3) is 49.2 Å². The molecule has 2 nitrogen and oxygen atoms in total. The maximum atomic E-state index is 10.8. The molecule has 0 N–H and O–H groups in total. The van der Waals surface area contributed by atoms with Gasteiger partial charge < -0.3 is 4.40 Å². The molecule has 4 saturated carbocycles. The fraction of sp³-hybridized carbons (Fsp3) is 0.444. The van der Waals surface area contributed by atoms with Crippen molar-refractivity contribution in [2.24, 2.45) is 23.7 Å². The van der Waals surface area contributed by atoms with Gasteiger partial charge in [-0.1, -0.05) is 18.2 Å². The van der Waals surface area contributed by atoms with E-state index in [1.807, 2.05) is 0 Å². The third kappa shape index (κ3) is 3.27. The number of hydrogen-bond donors (Lipinski definition) is 0. The molecule has 0 spiro atoms. The Balaban J connectivity index is 1.26. The first kappa shape index (κ1) is 26.2. The Labute approximate surface area is 277 Å². The van der Waals surface area contributed by atoms with E-state index in [4.69, 9.17) is 0 Å². The van der Waals surface area contributed by atoms with Crippen molar-refractivity contribution in [1.82, 2.24) is 4.40 Å². The Morgan fingerprint density at radius 3 is 1.81 bits per heavy atom. The molecule has 2 heterocycles. The van der Waals surface area contributed by atoms with Crippen LogP contribution in [0.1, 0.15) is 127 Å². The van der Waals surface area contributed by atoms with Crippen molar-refractivity contribution in [3.05, 3.63) is 87.5 Å². The summed E-state index contributed by atoms with van der Waals surface area (Å²) in [4.78, 5) is 0. The summed E-state index contributed by atoms with van der Waals surface area (Å²) in [5, 5.41) is 16.6. The molecule has 2 aromatic heterocycles. The van der Waals surface area contributed by atoms with Crippen LogP contribution in [0, 0.1) is 48.9 Å². The molecule has 8 bridgehead atoms. The summed E-state index contributed by atoms with van der Waals surface area (Å²) >= 11 is 0. The molecule has 0 saturated heterocycles.